The van der Waals surface area contributed by atoms with Crippen molar-refractivity contribution >= 4 is 11.6 Å². The average molecular weight is 368 g/mol. The molecular weight excluding hydrogens is 340 g/mol. The summed E-state index contributed by atoms with van der Waals surface area (Å²) in [4.78, 5) is 17.0. The first-order valence-electron chi connectivity index (χ1n) is 9.45. The quantitative estimate of drug-likeness (QED) is 0.782. The van der Waals surface area contributed by atoms with Gasteiger partial charge in [-0.2, -0.15) is 0 Å². The molecule has 5 nitrogen and oxygen atoms in total. The number of ether oxygens (including phenoxy) is 2. The van der Waals surface area contributed by atoms with Crippen LogP contribution in [0.5, 0.6) is 5.75 Å². The Bertz CT molecular complexity index is 733. The number of carbonyl (C=O) groups excluding carboxylic acids is 1. The minimum absolute atomic E-state index is 0.0979. The topological polar surface area (TPSA) is 42.0 Å². The number of hydrogen-bond donors (Lipinski definition) is 0. The highest BCUT2D eigenvalue weighted by Crippen LogP contribution is 2.21. The highest BCUT2D eigenvalue weighted by Gasteiger charge is 2.22. The normalized spacial score (nSPS) is 14.5. The zero-order valence-corrected chi connectivity index (χ0v) is 16.4. The van der Waals surface area contributed by atoms with Crippen molar-refractivity contribution in [3.05, 3.63) is 59.7 Å². The summed E-state index contributed by atoms with van der Waals surface area (Å²) >= 11 is 0. The largest absolute Gasteiger partial charge is 0.497 e. The summed E-state index contributed by atoms with van der Waals surface area (Å²) in [5.74, 6) is 0.954. The Morgan fingerprint density at radius 3 is 2.15 bits per heavy atom. The Kier molecular flexibility index (Phi) is 6.35. The van der Waals surface area contributed by atoms with Crippen LogP contribution in [0.1, 0.15) is 29.8 Å². The minimum atomic E-state index is 0.0979. The van der Waals surface area contributed by atoms with Crippen LogP contribution in [0.2, 0.25) is 0 Å². The van der Waals surface area contributed by atoms with Crippen molar-refractivity contribution in [2.24, 2.45) is 0 Å². The van der Waals surface area contributed by atoms with Gasteiger partial charge in [0.2, 0.25) is 0 Å². The lowest BCUT2D eigenvalue weighted by Gasteiger charge is -2.36. The van der Waals surface area contributed by atoms with Gasteiger partial charge in [-0.05, 0) is 55.8 Å². The molecule has 1 aliphatic heterocycles. The van der Waals surface area contributed by atoms with Gasteiger partial charge >= 0.3 is 0 Å². The molecule has 27 heavy (non-hydrogen) atoms. The zero-order valence-electron chi connectivity index (χ0n) is 16.4. The van der Waals surface area contributed by atoms with E-state index in [1.165, 1.54) is 0 Å². The van der Waals surface area contributed by atoms with Crippen molar-refractivity contribution in [1.82, 2.24) is 4.90 Å². The molecule has 0 bridgehead atoms. The summed E-state index contributed by atoms with van der Waals surface area (Å²) in [7, 11) is 1.67. The van der Waals surface area contributed by atoms with Crippen LogP contribution in [0.4, 0.5) is 5.69 Å². The van der Waals surface area contributed by atoms with Crippen molar-refractivity contribution in [3.63, 3.8) is 0 Å². The molecule has 5 heteroatoms. The molecule has 1 fully saturated rings. The number of methoxy groups -OCH3 is 1. The summed E-state index contributed by atoms with van der Waals surface area (Å²) < 4.78 is 10.8. The van der Waals surface area contributed by atoms with E-state index in [0.29, 0.717) is 6.61 Å². The number of anilines is 1. The van der Waals surface area contributed by atoms with E-state index in [1.54, 1.807) is 7.11 Å². The number of rotatable bonds is 6. The smallest absolute Gasteiger partial charge is 0.253 e. The molecule has 1 amide bonds. The second-order valence-corrected chi connectivity index (χ2v) is 7.03. The first-order chi connectivity index (χ1) is 13.1. The van der Waals surface area contributed by atoms with E-state index in [0.717, 1.165) is 48.7 Å². The van der Waals surface area contributed by atoms with Gasteiger partial charge in [0.25, 0.3) is 5.91 Å². The van der Waals surface area contributed by atoms with Gasteiger partial charge in [-0.1, -0.05) is 12.1 Å². The van der Waals surface area contributed by atoms with Gasteiger partial charge in [-0.25, -0.2) is 0 Å². The number of hydrogen-bond acceptors (Lipinski definition) is 4. The first-order valence-corrected chi connectivity index (χ1v) is 9.45. The molecule has 1 heterocycles. The molecule has 2 aromatic rings. The SMILES string of the molecule is COc1ccc(N2CCN(C(=O)c3ccc(COC(C)C)cc3)CC2)cc1. The standard InChI is InChI=1S/C22H28N2O3/c1-17(2)27-16-18-4-6-19(7-5-18)22(25)24-14-12-23(13-15-24)20-8-10-21(26-3)11-9-20/h4-11,17H,12-16H2,1-3H3. The monoisotopic (exact) mass is 368 g/mol. The van der Waals surface area contributed by atoms with Crippen LogP contribution < -0.4 is 9.64 Å². The summed E-state index contributed by atoms with van der Waals surface area (Å²) in [5.41, 5.74) is 2.99. The van der Waals surface area contributed by atoms with E-state index in [2.05, 4.69) is 17.0 Å². The van der Waals surface area contributed by atoms with Crippen molar-refractivity contribution in [2.75, 3.05) is 38.2 Å². The maximum atomic E-state index is 12.8. The minimum Gasteiger partial charge on any atom is -0.497 e. The number of piperazine rings is 1. The lowest BCUT2D eigenvalue weighted by molar-refractivity contribution is 0.0655. The van der Waals surface area contributed by atoms with Gasteiger partial charge in [0.1, 0.15) is 5.75 Å². The number of amides is 1. The Morgan fingerprint density at radius 1 is 0.963 bits per heavy atom. The van der Waals surface area contributed by atoms with Crippen LogP contribution in [-0.2, 0) is 11.3 Å². The van der Waals surface area contributed by atoms with Crippen molar-refractivity contribution in [2.45, 2.75) is 26.6 Å². The molecule has 1 saturated heterocycles. The van der Waals surface area contributed by atoms with Crippen molar-refractivity contribution in [3.8, 4) is 5.75 Å². The lowest BCUT2D eigenvalue weighted by atomic mass is 10.1. The van der Waals surface area contributed by atoms with E-state index in [4.69, 9.17) is 9.47 Å². The number of benzene rings is 2. The molecule has 0 spiro atoms. The van der Waals surface area contributed by atoms with Crippen LogP contribution in [0.25, 0.3) is 0 Å². The molecule has 0 radical (unpaired) electrons. The molecule has 1 aliphatic rings. The predicted octanol–water partition coefficient (Wildman–Crippen LogP) is 3.58. The third-order valence-electron chi connectivity index (χ3n) is 4.79. The lowest BCUT2D eigenvalue weighted by Crippen LogP contribution is -2.48. The molecular formula is C22H28N2O3. The molecule has 0 saturated carbocycles. The Morgan fingerprint density at radius 2 is 1.59 bits per heavy atom. The second kappa shape index (κ2) is 8.91. The third kappa shape index (κ3) is 5.01. The molecule has 0 N–H and O–H groups in total. The van der Waals surface area contributed by atoms with E-state index in [-0.39, 0.29) is 12.0 Å². The average Bonchev–Trinajstić information content (AvgIpc) is 2.72. The Labute approximate surface area is 161 Å². The fourth-order valence-corrected chi connectivity index (χ4v) is 3.15. The van der Waals surface area contributed by atoms with Crippen LogP contribution in [0.3, 0.4) is 0 Å². The summed E-state index contributed by atoms with van der Waals surface area (Å²) in [6.45, 7) is 7.72. The van der Waals surface area contributed by atoms with Gasteiger partial charge in [-0.3, -0.25) is 4.79 Å². The fourth-order valence-electron chi connectivity index (χ4n) is 3.15. The fraction of sp³-hybridized carbons (Fsp3) is 0.409. The van der Waals surface area contributed by atoms with Gasteiger partial charge in [0.05, 0.1) is 19.8 Å². The maximum absolute atomic E-state index is 12.8. The number of carbonyl (C=O) groups is 1. The van der Waals surface area contributed by atoms with Gasteiger partial charge in [-0.15, -0.1) is 0 Å². The molecule has 0 aliphatic carbocycles. The van der Waals surface area contributed by atoms with Crippen LogP contribution >= 0.6 is 0 Å². The Balaban J connectivity index is 1.54. The van der Waals surface area contributed by atoms with Gasteiger partial charge in [0, 0.05) is 37.4 Å². The second-order valence-electron chi connectivity index (χ2n) is 7.03. The molecule has 144 valence electrons. The molecule has 2 aromatic carbocycles. The predicted molar refractivity (Wildman–Crippen MR) is 107 cm³/mol. The van der Waals surface area contributed by atoms with Crippen molar-refractivity contribution in [1.29, 1.82) is 0 Å². The first kappa shape index (κ1) is 19.2. The maximum Gasteiger partial charge on any atom is 0.253 e. The van der Waals surface area contributed by atoms with E-state index < -0.39 is 0 Å². The van der Waals surface area contributed by atoms with E-state index in [1.807, 2.05) is 55.1 Å². The van der Waals surface area contributed by atoms with Crippen LogP contribution in [0, 0.1) is 0 Å². The van der Waals surface area contributed by atoms with Gasteiger partial charge < -0.3 is 19.3 Å². The van der Waals surface area contributed by atoms with Crippen molar-refractivity contribution < 1.29 is 14.3 Å². The zero-order chi connectivity index (χ0) is 19.2. The Hall–Kier alpha value is -2.53. The molecule has 0 atom stereocenters. The number of nitrogens with zero attached hydrogens (tertiary/aromatic N) is 2. The summed E-state index contributed by atoms with van der Waals surface area (Å²) in [6.07, 6.45) is 0.202. The van der Waals surface area contributed by atoms with Crippen LogP contribution in [-0.4, -0.2) is 50.2 Å². The summed E-state index contributed by atoms with van der Waals surface area (Å²) in [6, 6.07) is 15.8. The molecule has 0 unspecified atom stereocenters. The summed E-state index contributed by atoms with van der Waals surface area (Å²) in [5, 5.41) is 0. The highest BCUT2D eigenvalue weighted by molar-refractivity contribution is 5.94. The molecule has 3 rings (SSSR count). The van der Waals surface area contributed by atoms with Gasteiger partial charge in [0.15, 0.2) is 0 Å². The third-order valence-corrected chi connectivity index (χ3v) is 4.79. The van der Waals surface area contributed by atoms with Crippen LogP contribution in [0.15, 0.2) is 48.5 Å². The highest BCUT2D eigenvalue weighted by atomic mass is 16.5. The van der Waals surface area contributed by atoms with E-state index >= 15 is 0 Å². The molecule has 0 aromatic heterocycles. The van der Waals surface area contributed by atoms with E-state index in [9.17, 15) is 4.79 Å².